The van der Waals surface area contributed by atoms with Crippen LogP contribution in [0.4, 0.5) is 10.1 Å². The molecule has 3 aromatic rings. The number of carbonyl (C=O) groups is 2. The van der Waals surface area contributed by atoms with Crippen LogP contribution in [0.2, 0.25) is 0 Å². The SMILES string of the molecule is CC(=O)c1ccc(-c2cc3c(N[C@@H]4CCC[C@@H]4F)c(C(N)=O)cnn3c2)cc1. The van der Waals surface area contributed by atoms with Crippen molar-refractivity contribution in [1.82, 2.24) is 9.61 Å². The summed E-state index contributed by atoms with van der Waals surface area (Å²) in [4.78, 5) is 23.4. The average molecular weight is 380 g/mol. The van der Waals surface area contributed by atoms with E-state index in [1.54, 1.807) is 16.6 Å². The molecule has 7 heteroatoms. The fourth-order valence-electron chi connectivity index (χ4n) is 3.71. The van der Waals surface area contributed by atoms with Crippen LogP contribution in [0.1, 0.15) is 46.9 Å². The highest BCUT2D eigenvalue weighted by molar-refractivity contribution is 6.02. The van der Waals surface area contributed by atoms with Crippen LogP contribution >= 0.6 is 0 Å². The predicted octanol–water partition coefficient (Wildman–Crippen LogP) is 3.61. The van der Waals surface area contributed by atoms with Gasteiger partial charge in [-0.1, -0.05) is 24.3 Å². The number of halogens is 1. The molecule has 2 aromatic heterocycles. The first-order valence-electron chi connectivity index (χ1n) is 9.27. The van der Waals surface area contributed by atoms with Gasteiger partial charge >= 0.3 is 0 Å². The Morgan fingerprint density at radius 3 is 2.57 bits per heavy atom. The van der Waals surface area contributed by atoms with Gasteiger partial charge in [0.1, 0.15) is 6.17 Å². The molecule has 0 bridgehead atoms. The van der Waals surface area contributed by atoms with Gasteiger partial charge in [0.25, 0.3) is 5.91 Å². The number of carbonyl (C=O) groups excluding carboxylic acids is 2. The molecule has 28 heavy (non-hydrogen) atoms. The van der Waals surface area contributed by atoms with E-state index in [4.69, 9.17) is 5.73 Å². The summed E-state index contributed by atoms with van der Waals surface area (Å²) in [6.07, 6.45) is 4.30. The fraction of sp³-hybridized carbons (Fsp3) is 0.286. The third-order valence-corrected chi connectivity index (χ3v) is 5.29. The van der Waals surface area contributed by atoms with Crippen molar-refractivity contribution in [3.63, 3.8) is 0 Å². The number of primary amides is 1. The highest BCUT2D eigenvalue weighted by atomic mass is 19.1. The zero-order chi connectivity index (χ0) is 19.8. The number of hydrogen-bond acceptors (Lipinski definition) is 4. The maximum Gasteiger partial charge on any atom is 0.252 e. The number of hydrogen-bond donors (Lipinski definition) is 2. The zero-order valence-corrected chi connectivity index (χ0v) is 15.5. The van der Waals surface area contributed by atoms with E-state index in [0.29, 0.717) is 29.6 Å². The first-order chi connectivity index (χ1) is 13.4. The highest BCUT2D eigenvalue weighted by Gasteiger charge is 2.28. The Morgan fingerprint density at radius 1 is 1.21 bits per heavy atom. The summed E-state index contributed by atoms with van der Waals surface area (Å²) >= 11 is 0. The first kappa shape index (κ1) is 18.2. The number of anilines is 1. The molecule has 0 unspecified atom stereocenters. The van der Waals surface area contributed by atoms with Crippen molar-refractivity contribution in [2.45, 2.75) is 38.4 Å². The Hall–Kier alpha value is -3.22. The molecular weight excluding hydrogens is 359 g/mol. The van der Waals surface area contributed by atoms with Crippen LogP contribution in [0.15, 0.2) is 42.7 Å². The molecule has 1 aliphatic carbocycles. The topological polar surface area (TPSA) is 89.5 Å². The second kappa shape index (κ2) is 7.07. The molecule has 4 rings (SSSR count). The third-order valence-electron chi connectivity index (χ3n) is 5.29. The molecule has 0 aliphatic heterocycles. The molecular formula is C21H21FN4O2. The lowest BCUT2D eigenvalue weighted by Crippen LogP contribution is -2.27. The molecule has 1 aromatic carbocycles. The zero-order valence-electron chi connectivity index (χ0n) is 15.5. The van der Waals surface area contributed by atoms with Gasteiger partial charge in [-0.25, -0.2) is 8.91 Å². The van der Waals surface area contributed by atoms with Crippen LogP contribution in [-0.4, -0.2) is 33.5 Å². The summed E-state index contributed by atoms with van der Waals surface area (Å²) in [5.74, 6) is -0.607. The number of benzene rings is 1. The van der Waals surface area contributed by atoms with Crippen molar-refractivity contribution in [3.8, 4) is 11.1 Å². The van der Waals surface area contributed by atoms with E-state index in [2.05, 4.69) is 10.4 Å². The van der Waals surface area contributed by atoms with Crippen molar-refractivity contribution in [2.24, 2.45) is 5.73 Å². The largest absolute Gasteiger partial charge is 0.377 e. The standard InChI is InChI=1S/C21H21FN4O2/c1-12(27)13-5-7-14(8-6-13)15-9-19-20(25-18-4-2-3-17(18)22)16(21(23)28)10-24-26(19)11-15/h5-11,17-18,25H,2-4H2,1H3,(H2,23,28)/t17-,18+/m0/s1. The fourth-order valence-corrected chi connectivity index (χ4v) is 3.71. The number of amides is 1. The van der Waals surface area contributed by atoms with Crippen LogP contribution in [0.5, 0.6) is 0 Å². The molecule has 0 radical (unpaired) electrons. The summed E-state index contributed by atoms with van der Waals surface area (Å²) in [5, 5.41) is 7.47. The number of rotatable bonds is 5. The number of nitrogens with two attached hydrogens (primary N) is 1. The molecule has 3 N–H and O–H groups in total. The lowest BCUT2D eigenvalue weighted by molar-refractivity contribution is 0.0996. The normalized spacial score (nSPS) is 19.1. The minimum Gasteiger partial charge on any atom is -0.377 e. The summed E-state index contributed by atoms with van der Waals surface area (Å²) < 4.78 is 15.8. The molecule has 1 saturated carbocycles. The minimum atomic E-state index is -0.956. The van der Waals surface area contributed by atoms with Gasteiger partial charge in [-0.2, -0.15) is 5.10 Å². The van der Waals surface area contributed by atoms with E-state index in [0.717, 1.165) is 17.5 Å². The van der Waals surface area contributed by atoms with Crippen molar-refractivity contribution in [3.05, 3.63) is 53.9 Å². The monoisotopic (exact) mass is 380 g/mol. The predicted molar refractivity (Wildman–Crippen MR) is 105 cm³/mol. The summed E-state index contributed by atoms with van der Waals surface area (Å²) in [7, 11) is 0. The molecule has 144 valence electrons. The molecule has 2 heterocycles. The summed E-state index contributed by atoms with van der Waals surface area (Å²) in [6.45, 7) is 1.52. The van der Waals surface area contributed by atoms with Crippen LogP contribution in [-0.2, 0) is 0 Å². The van der Waals surface area contributed by atoms with Crippen molar-refractivity contribution >= 4 is 22.9 Å². The van der Waals surface area contributed by atoms with E-state index in [1.807, 2.05) is 24.4 Å². The Labute approximate surface area is 161 Å². The average Bonchev–Trinajstić information content (AvgIpc) is 3.28. The smallest absolute Gasteiger partial charge is 0.252 e. The van der Waals surface area contributed by atoms with Crippen molar-refractivity contribution in [2.75, 3.05) is 5.32 Å². The van der Waals surface area contributed by atoms with Crippen LogP contribution in [0, 0.1) is 0 Å². The Kier molecular flexibility index (Phi) is 4.58. The Balaban J connectivity index is 1.78. The molecule has 1 fully saturated rings. The molecule has 0 spiro atoms. The summed E-state index contributed by atoms with van der Waals surface area (Å²) in [6, 6.07) is 8.80. The molecule has 0 saturated heterocycles. The van der Waals surface area contributed by atoms with E-state index >= 15 is 0 Å². The first-order valence-corrected chi connectivity index (χ1v) is 9.27. The second-order valence-electron chi connectivity index (χ2n) is 7.19. The summed E-state index contributed by atoms with van der Waals surface area (Å²) in [5.41, 5.74) is 9.34. The van der Waals surface area contributed by atoms with E-state index in [-0.39, 0.29) is 17.4 Å². The van der Waals surface area contributed by atoms with Crippen molar-refractivity contribution in [1.29, 1.82) is 0 Å². The highest BCUT2D eigenvalue weighted by Crippen LogP contribution is 2.32. The van der Waals surface area contributed by atoms with E-state index in [1.165, 1.54) is 13.1 Å². The number of aromatic nitrogens is 2. The number of nitrogens with zero attached hydrogens (tertiary/aromatic N) is 2. The van der Waals surface area contributed by atoms with E-state index < -0.39 is 12.1 Å². The van der Waals surface area contributed by atoms with Gasteiger partial charge in [-0.3, -0.25) is 9.59 Å². The molecule has 1 aliphatic rings. The van der Waals surface area contributed by atoms with Crippen LogP contribution in [0.3, 0.4) is 0 Å². The minimum absolute atomic E-state index is 0.00480. The number of Topliss-reactive ketones (excluding diaryl/α,β-unsaturated/α-hetero) is 1. The van der Waals surface area contributed by atoms with Gasteiger partial charge in [-0.05, 0) is 37.8 Å². The number of ketones is 1. The molecule has 1 amide bonds. The van der Waals surface area contributed by atoms with Gasteiger partial charge in [0.2, 0.25) is 0 Å². The molecule has 6 nitrogen and oxygen atoms in total. The second-order valence-corrected chi connectivity index (χ2v) is 7.19. The van der Waals surface area contributed by atoms with Gasteiger partial charge in [0.05, 0.1) is 29.0 Å². The van der Waals surface area contributed by atoms with Gasteiger partial charge in [-0.15, -0.1) is 0 Å². The molecule has 2 atom stereocenters. The van der Waals surface area contributed by atoms with Gasteiger partial charge in [0.15, 0.2) is 5.78 Å². The van der Waals surface area contributed by atoms with Crippen molar-refractivity contribution < 1.29 is 14.0 Å². The van der Waals surface area contributed by atoms with Gasteiger partial charge in [0, 0.05) is 17.3 Å². The number of nitrogens with one attached hydrogen (secondary N) is 1. The lowest BCUT2D eigenvalue weighted by atomic mass is 10.0. The van der Waals surface area contributed by atoms with E-state index in [9.17, 15) is 14.0 Å². The quantitative estimate of drug-likeness (QED) is 0.662. The lowest BCUT2D eigenvalue weighted by Gasteiger charge is -2.19. The maximum absolute atomic E-state index is 14.2. The Morgan fingerprint density at radius 2 is 1.96 bits per heavy atom. The number of alkyl halides is 1. The maximum atomic E-state index is 14.2. The van der Waals surface area contributed by atoms with Gasteiger partial charge < -0.3 is 11.1 Å². The number of fused-ring (bicyclic) bond motifs is 1. The van der Waals surface area contributed by atoms with Crippen LogP contribution < -0.4 is 11.1 Å². The third kappa shape index (κ3) is 3.24. The van der Waals surface area contributed by atoms with Crippen LogP contribution in [0.25, 0.3) is 16.6 Å². The Bertz CT molecular complexity index is 1060.